The Labute approximate surface area is 131 Å². The summed E-state index contributed by atoms with van der Waals surface area (Å²) >= 11 is 0. The smallest absolute Gasteiger partial charge is 0.270 e. The zero-order valence-electron chi connectivity index (χ0n) is 11.9. The lowest BCUT2D eigenvalue weighted by atomic mass is 10.1. The van der Waals surface area contributed by atoms with Gasteiger partial charge in [-0.3, -0.25) is 10.1 Å². The highest BCUT2D eigenvalue weighted by Gasteiger charge is 2.14. The number of nitro benzene ring substituents is 1. The molecule has 0 spiro atoms. The normalized spacial score (nSPS) is 11.0. The van der Waals surface area contributed by atoms with Gasteiger partial charge in [0, 0.05) is 29.5 Å². The summed E-state index contributed by atoms with van der Waals surface area (Å²) < 4.78 is 1.63. The molecule has 0 fully saturated rings. The van der Waals surface area contributed by atoms with Crippen molar-refractivity contribution in [3.63, 3.8) is 0 Å². The first-order valence-corrected chi connectivity index (χ1v) is 6.76. The summed E-state index contributed by atoms with van der Waals surface area (Å²) in [7, 11) is 0. The summed E-state index contributed by atoms with van der Waals surface area (Å²) in [5.74, 6) is 0. The fourth-order valence-electron chi connectivity index (χ4n) is 2.25. The third-order valence-electron chi connectivity index (χ3n) is 3.29. The minimum absolute atomic E-state index is 0.0244. The molecule has 7 heteroatoms. The van der Waals surface area contributed by atoms with E-state index in [0.717, 1.165) is 5.69 Å². The number of para-hydroxylation sites is 1. The molecule has 3 aromatic rings. The molecule has 1 heterocycles. The lowest BCUT2D eigenvalue weighted by Crippen LogP contribution is -1.94. The summed E-state index contributed by atoms with van der Waals surface area (Å²) in [5, 5.41) is 27.3. The number of oxime groups is 1. The molecule has 0 atom stereocenters. The molecule has 2 aromatic carbocycles. The van der Waals surface area contributed by atoms with Crippen molar-refractivity contribution in [1.82, 2.24) is 9.78 Å². The molecule has 0 unspecified atom stereocenters. The number of hydrogen-bond acceptors (Lipinski definition) is 5. The molecule has 0 aliphatic rings. The number of hydrogen-bond donors (Lipinski definition) is 1. The molecule has 1 aromatic heterocycles. The molecular weight excluding hydrogens is 296 g/mol. The SMILES string of the molecule is O=[N+]([O-])c1cccc(-c2nn(-c3ccccc3)cc2C=NO)c1. The largest absolute Gasteiger partial charge is 0.411 e. The molecule has 0 aliphatic heterocycles. The van der Waals surface area contributed by atoms with Gasteiger partial charge in [-0.25, -0.2) is 4.68 Å². The number of aromatic nitrogens is 2. The second-order valence-corrected chi connectivity index (χ2v) is 4.77. The van der Waals surface area contributed by atoms with Gasteiger partial charge < -0.3 is 5.21 Å². The van der Waals surface area contributed by atoms with Crippen LogP contribution in [0, 0.1) is 10.1 Å². The first kappa shape index (κ1) is 14.5. The maximum absolute atomic E-state index is 10.9. The van der Waals surface area contributed by atoms with Crippen LogP contribution in [0.15, 0.2) is 65.9 Å². The molecule has 0 saturated heterocycles. The maximum atomic E-state index is 10.9. The lowest BCUT2D eigenvalue weighted by Gasteiger charge is -2.00. The van der Waals surface area contributed by atoms with E-state index in [-0.39, 0.29) is 5.69 Å². The molecule has 0 aliphatic carbocycles. The Morgan fingerprint density at radius 3 is 2.65 bits per heavy atom. The Balaban J connectivity index is 2.13. The van der Waals surface area contributed by atoms with Gasteiger partial charge in [0.05, 0.1) is 16.8 Å². The van der Waals surface area contributed by atoms with Crippen LogP contribution in [0.5, 0.6) is 0 Å². The van der Waals surface area contributed by atoms with Crippen LogP contribution in [0.2, 0.25) is 0 Å². The molecule has 23 heavy (non-hydrogen) atoms. The Kier molecular flexibility index (Phi) is 3.84. The van der Waals surface area contributed by atoms with Gasteiger partial charge in [0.15, 0.2) is 0 Å². The summed E-state index contributed by atoms with van der Waals surface area (Å²) in [6.07, 6.45) is 2.95. The minimum atomic E-state index is -0.461. The van der Waals surface area contributed by atoms with Crippen molar-refractivity contribution in [3.8, 4) is 16.9 Å². The van der Waals surface area contributed by atoms with Gasteiger partial charge in [-0.1, -0.05) is 35.5 Å². The lowest BCUT2D eigenvalue weighted by molar-refractivity contribution is -0.384. The zero-order chi connectivity index (χ0) is 16.2. The summed E-state index contributed by atoms with van der Waals surface area (Å²) in [5.41, 5.74) is 2.43. The summed E-state index contributed by atoms with van der Waals surface area (Å²) in [4.78, 5) is 10.5. The summed E-state index contributed by atoms with van der Waals surface area (Å²) in [6, 6.07) is 15.6. The van der Waals surface area contributed by atoms with Crippen LogP contribution in [-0.2, 0) is 0 Å². The molecule has 7 nitrogen and oxygen atoms in total. The number of nitro groups is 1. The fraction of sp³-hybridized carbons (Fsp3) is 0. The van der Waals surface area contributed by atoms with Crippen LogP contribution in [-0.4, -0.2) is 26.1 Å². The van der Waals surface area contributed by atoms with Crippen LogP contribution in [0.25, 0.3) is 16.9 Å². The van der Waals surface area contributed by atoms with Crippen LogP contribution in [0.1, 0.15) is 5.56 Å². The second-order valence-electron chi connectivity index (χ2n) is 4.77. The second kappa shape index (κ2) is 6.10. The average Bonchev–Trinajstić information content (AvgIpc) is 3.00. The first-order chi connectivity index (χ1) is 11.2. The molecule has 1 N–H and O–H groups in total. The monoisotopic (exact) mass is 308 g/mol. The Morgan fingerprint density at radius 2 is 1.96 bits per heavy atom. The molecule has 0 bridgehead atoms. The van der Waals surface area contributed by atoms with Gasteiger partial charge >= 0.3 is 0 Å². The van der Waals surface area contributed by atoms with Crippen LogP contribution in [0.4, 0.5) is 5.69 Å². The van der Waals surface area contributed by atoms with Gasteiger partial charge in [-0.2, -0.15) is 5.10 Å². The van der Waals surface area contributed by atoms with E-state index in [1.807, 2.05) is 30.3 Å². The number of rotatable bonds is 4. The third-order valence-corrected chi connectivity index (χ3v) is 3.29. The van der Waals surface area contributed by atoms with Crippen molar-refractivity contribution in [1.29, 1.82) is 0 Å². The molecular formula is C16H12N4O3. The van der Waals surface area contributed by atoms with Crippen molar-refractivity contribution in [2.24, 2.45) is 5.16 Å². The topological polar surface area (TPSA) is 93.5 Å². The Hall–Kier alpha value is -3.48. The van der Waals surface area contributed by atoms with E-state index in [9.17, 15) is 10.1 Å². The van der Waals surface area contributed by atoms with E-state index in [2.05, 4.69) is 10.3 Å². The third kappa shape index (κ3) is 2.93. The van der Waals surface area contributed by atoms with Gasteiger partial charge in [0.25, 0.3) is 5.69 Å². The first-order valence-electron chi connectivity index (χ1n) is 6.76. The molecule has 3 rings (SSSR count). The van der Waals surface area contributed by atoms with Crippen molar-refractivity contribution in [3.05, 3.63) is 76.5 Å². The van der Waals surface area contributed by atoms with Gasteiger partial charge in [0.1, 0.15) is 5.69 Å². The Morgan fingerprint density at radius 1 is 1.17 bits per heavy atom. The highest BCUT2D eigenvalue weighted by atomic mass is 16.6. The van der Waals surface area contributed by atoms with Crippen molar-refractivity contribution in [2.75, 3.05) is 0 Å². The van der Waals surface area contributed by atoms with Gasteiger partial charge in [0.2, 0.25) is 0 Å². The average molecular weight is 308 g/mol. The van der Waals surface area contributed by atoms with E-state index in [0.29, 0.717) is 16.8 Å². The van der Waals surface area contributed by atoms with Crippen LogP contribution >= 0.6 is 0 Å². The van der Waals surface area contributed by atoms with E-state index >= 15 is 0 Å². The maximum Gasteiger partial charge on any atom is 0.270 e. The highest BCUT2D eigenvalue weighted by Crippen LogP contribution is 2.26. The molecule has 114 valence electrons. The predicted octanol–water partition coefficient (Wildman–Crippen LogP) is 3.26. The predicted molar refractivity (Wildman–Crippen MR) is 85.0 cm³/mol. The number of benzene rings is 2. The fourth-order valence-corrected chi connectivity index (χ4v) is 2.25. The van der Waals surface area contributed by atoms with Crippen molar-refractivity contribution < 1.29 is 10.1 Å². The van der Waals surface area contributed by atoms with Crippen LogP contribution < -0.4 is 0 Å². The molecule has 0 saturated carbocycles. The van der Waals surface area contributed by atoms with Crippen LogP contribution in [0.3, 0.4) is 0 Å². The minimum Gasteiger partial charge on any atom is -0.411 e. The quantitative estimate of drug-likeness (QED) is 0.346. The molecule has 0 radical (unpaired) electrons. The van der Waals surface area contributed by atoms with E-state index in [1.165, 1.54) is 18.3 Å². The zero-order valence-corrected chi connectivity index (χ0v) is 11.9. The Bertz CT molecular complexity index is 872. The highest BCUT2D eigenvalue weighted by molar-refractivity contribution is 5.88. The van der Waals surface area contributed by atoms with E-state index < -0.39 is 4.92 Å². The number of nitrogens with zero attached hydrogens (tertiary/aromatic N) is 4. The molecule has 0 amide bonds. The van der Waals surface area contributed by atoms with Gasteiger partial charge in [-0.15, -0.1) is 0 Å². The summed E-state index contributed by atoms with van der Waals surface area (Å²) in [6.45, 7) is 0. The number of non-ortho nitro benzene ring substituents is 1. The van der Waals surface area contributed by atoms with Crippen molar-refractivity contribution in [2.45, 2.75) is 0 Å². The van der Waals surface area contributed by atoms with E-state index in [4.69, 9.17) is 5.21 Å². The standard InChI is InChI=1S/C16H12N4O3/c21-17-10-13-11-19(14-6-2-1-3-7-14)18-16(13)12-5-4-8-15(9-12)20(22)23/h1-11,21H. The van der Waals surface area contributed by atoms with Gasteiger partial charge in [-0.05, 0) is 12.1 Å². The van der Waals surface area contributed by atoms with Crippen molar-refractivity contribution >= 4 is 11.9 Å². The van der Waals surface area contributed by atoms with E-state index in [1.54, 1.807) is 23.0 Å².